The van der Waals surface area contributed by atoms with Gasteiger partial charge in [0, 0.05) is 6.92 Å². The molecule has 0 aliphatic rings. The van der Waals surface area contributed by atoms with E-state index in [2.05, 4.69) is 10.1 Å². The fraction of sp³-hybridized carbons (Fsp3) is 0.571. The highest BCUT2D eigenvalue weighted by Gasteiger charge is 2.13. The van der Waals surface area contributed by atoms with E-state index in [9.17, 15) is 14.4 Å². The molecule has 0 saturated heterocycles. The molecule has 0 radical (unpaired) electrons. The number of rotatable bonds is 4. The van der Waals surface area contributed by atoms with E-state index in [0.717, 1.165) is 0 Å². The number of Topliss-reactive ketones (excluding diaryl/α,β-unsaturated/α-hetero) is 1. The molecule has 12 heavy (non-hydrogen) atoms. The number of carbonyl (C=O) groups excluding carboxylic acids is 3. The average molecular weight is 173 g/mol. The molecule has 0 spiro atoms. The van der Waals surface area contributed by atoms with Crippen molar-refractivity contribution in [1.29, 1.82) is 0 Å². The lowest BCUT2D eigenvalue weighted by Gasteiger charge is -2.00. The maximum absolute atomic E-state index is 10.7. The lowest BCUT2D eigenvalue weighted by Crippen LogP contribution is -2.32. The van der Waals surface area contributed by atoms with Crippen LogP contribution >= 0.6 is 0 Å². The van der Waals surface area contributed by atoms with Crippen LogP contribution in [0.3, 0.4) is 0 Å². The van der Waals surface area contributed by atoms with Crippen LogP contribution in [0.15, 0.2) is 0 Å². The van der Waals surface area contributed by atoms with Gasteiger partial charge in [-0.25, -0.2) is 4.79 Å². The molecule has 0 bridgehead atoms. The molecule has 1 amide bonds. The SMILES string of the molecule is CCOC(=O)C(=O)CNC(C)=O. The Morgan fingerprint density at radius 3 is 2.33 bits per heavy atom. The van der Waals surface area contributed by atoms with Crippen molar-refractivity contribution in [3.8, 4) is 0 Å². The predicted molar refractivity (Wildman–Crippen MR) is 40.3 cm³/mol. The summed E-state index contributed by atoms with van der Waals surface area (Å²) in [6.45, 7) is 2.72. The molecule has 0 aromatic heterocycles. The summed E-state index contributed by atoms with van der Waals surface area (Å²) in [6.07, 6.45) is 0. The third-order valence-electron chi connectivity index (χ3n) is 1.00. The predicted octanol–water partition coefficient (Wildman–Crippen LogP) is -0.745. The first kappa shape index (κ1) is 10.6. The molecule has 0 atom stereocenters. The van der Waals surface area contributed by atoms with Crippen LogP contribution < -0.4 is 5.32 Å². The maximum atomic E-state index is 10.7. The van der Waals surface area contributed by atoms with Crippen LogP contribution in [-0.4, -0.2) is 30.8 Å². The number of ether oxygens (including phenoxy) is 1. The van der Waals surface area contributed by atoms with Crippen LogP contribution in [0.2, 0.25) is 0 Å². The Balaban J connectivity index is 3.72. The summed E-state index contributed by atoms with van der Waals surface area (Å²) in [4.78, 5) is 31.7. The Morgan fingerprint density at radius 1 is 1.33 bits per heavy atom. The van der Waals surface area contributed by atoms with Crippen molar-refractivity contribution in [1.82, 2.24) is 5.32 Å². The Kier molecular flexibility index (Phi) is 4.67. The summed E-state index contributed by atoms with van der Waals surface area (Å²) in [5.41, 5.74) is 0. The quantitative estimate of drug-likeness (QED) is 0.448. The van der Waals surface area contributed by atoms with Crippen molar-refractivity contribution in [3.63, 3.8) is 0 Å². The van der Waals surface area contributed by atoms with E-state index < -0.39 is 11.8 Å². The van der Waals surface area contributed by atoms with E-state index in [1.165, 1.54) is 6.92 Å². The Hall–Kier alpha value is -1.39. The van der Waals surface area contributed by atoms with E-state index in [4.69, 9.17) is 0 Å². The van der Waals surface area contributed by atoms with E-state index >= 15 is 0 Å². The van der Waals surface area contributed by atoms with E-state index in [0.29, 0.717) is 0 Å². The first-order chi connectivity index (χ1) is 5.57. The van der Waals surface area contributed by atoms with Crippen molar-refractivity contribution in [2.45, 2.75) is 13.8 Å². The number of ketones is 1. The van der Waals surface area contributed by atoms with Gasteiger partial charge < -0.3 is 10.1 Å². The normalized spacial score (nSPS) is 8.83. The summed E-state index contributed by atoms with van der Waals surface area (Å²) in [5, 5.41) is 2.20. The summed E-state index contributed by atoms with van der Waals surface area (Å²) in [6, 6.07) is 0. The van der Waals surface area contributed by atoms with E-state index in [1.807, 2.05) is 0 Å². The van der Waals surface area contributed by atoms with Crippen LogP contribution in [0.1, 0.15) is 13.8 Å². The van der Waals surface area contributed by atoms with Crippen LogP contribution in [0.5, 0.6) is 0 Å². The molecule has 0 aromatic carbocycles. The van der Waals surface area contributed by atoms with Gasteiger partial charge in [0.2, 0.25) is 5.91 Å². The molecule has 68 valence electrons. The van der Waals surface area contributed by atoms with E-state index in [-0.39, 0.29) is 19.1 Å². The zero-order valence-corrected chi connectivity index (χ0v) is 7.05. The Labute approximate surface area is 70.1 Å². The third-order valence-corrected chi connectivity index (χ3v) is 1.00. The first-order valence-electron chi connectivity index (χ1n) is 3.52. The maximum Gasteiger partial charge on any atom is 0.376 e. The number of nitrogens with one attached hydrogen (secondary N) is 1. The van der Waals surface area contributed by atoms with Crippen molar-refractivity contribution >= 4 is 17.7 Å². The van der Waals surface area contributed by atoms with Gasteiger partial charge in [0.1, 0.15) is 0 Å². The van der Waals surface area contributed by atoms with Crippen LogP contribution in [0.4, 0.5) is 0 Å². The van der Waals surface area contributed by atoms with Crippen molar-refractivity contribution in [2.75, 3.05) is 13.2 Å². The largest absolute Gasteiger partial charge is 0.460 e. The minimum absolute atomic E-state index is 0.157. The van der Waals surface area contributed by atoms with Gasteiger partial charge in [-0.1, -0.05) is 0 Å². The molecular weight excluding hydrogens is 162 g/mol. The van der Waals surface area contributed by atoms with Crippen molar-refractivity contribution < 1.29 is 19.1 Å². The molecule has 0 aliphatic heterocycles. The lowest BCUT2D eigenvalue weighted by atomic mass is 10.4. The van der Waals surface area contributed by atoms with Gasteiger partial charge >= 0.3 is 5.97 Å². The standard InChI is InChI=1S/C7H11NO4/c1-3-12-7(11)6(10)4-8-5(2)9/h3-4H2,1-2H3,(H,8,9). The van der Waals surface area contributed by atoms with Gasteiger partial charge in [0.25, 0.3) is 5.78 Å². The molecule has 1 N–H and O–H groups in total. The van der Waals surface area contributed by atoms with Gasteiger partial charge in [0.05, 0.1) is 13.2 Å². The number of esters is 1. The van der Waals surface area contributed by atoms with Gasteiger partial charge in [-0.15, -0.1) is 0 Å². The van der Waals surface area contributed by atoms with E-state index in [1.54, 1.807) is 6.92 Å². The topological polar surface area (TPSA) is 72.5 Å². The monoisotopic (exact) mass is 173 g/mol. The van der Waals surface area contributed by atoms with Crippen molar-refractivity contribution in [2.24, 2.45) is 0 Å². The van der Waals surface area contributed by atoms with Gasteiger partial charge in [-0.3, -0.25) is 9.59 Å². The second-order valence-corrected chi connectivity index (χ2v) is 2.05. The summed E-state index contributed by atoms with van der Waals surface area (Å²) >= 11 is 0. The highest BCUT2D eigenvalue weighted by atomic mass is 16.5. The fourth-order valence-corrected chi connectivity index (χ4v) is 0.489. The smallest absolute Gasteiger partial charge is 0.376 e. The fourth-order valence-electron chi connectivity index (χ4n) is 0.489. The van der Waals surface area contributed by atoms with Crippen LogP contribution in [0, 0.1) is 0 Å². The summed E-state index contributed by atoms with van der Waals surface area (Å²) < 4.78 is 4.40. The first-order valence-corrected chi connectivity index (χ1v) is 3.52. The van der Waals surface area contributed by atoms with Gasteiger partial charge in [-0.2, -0.15) is 0 Å². The lowest BCUT2D eigenvalue weighted by molar-refractivity contribution is -0.153. The highest BCUT2D eigenvalue weighted by molar-refractivity contribution is 6.34. The molecule has 5 heteroatoms. The minimum Gasteiger partial charge on any atom is -0.460 e. The minimum atomic E-state index is -0.911. The number of hydrogen-bond acceptors (Lipinski definition) is 4. The molecule has 5 nitrogen and oxygen atoms in total. The van der Waals surface area contributed by atoms with Gasteiger partial charge in [-0.05, 0) is 6.92 Å². The Morgan fingerprint density at radius 2 is 1.92 bits per heavy atom. The number of amides is 1. The zero-order chi connectivity index (χ0) is 9.56. The molecule has 0 aliphatic carbocycles. The molecule has 0 rings (SSSR count). The Bertz CT molecular complexity index is 200. The molecule has 0 aromatic rings. The second-order valence-electron chi connectivity index (χ2n) is 2.05. The van der Waals surface area contributed by atoms with Crippen molar-refractivity contribution in [3.05, 3.63) is 0 Å². The van der Waals surface area contributed by atoms with Crippen LogP contribution in [-0.2, 0) is 19.1 Å². The summed E-state index contributed by atoms with van der Waals surface area (Å²) in [5.74, 6) is -2.01. The molecule has 0 unspecified atom stereocenters. The zero-order valence-electron chi connectivity index (χ0n) is 7.05. The molecule has 0 heterocycles. The third kappa shape index (κ3) is 4.43. The molecular formula is C7H11NO4. The summed E-state index contributed by atoms with van der Waals surface area (Å²) in [7, 11) is 0. The van der Waals surface area contributed by atoms with Gasteiger partial charge in [0.15, 0.2) is 0 Å². The number of carbonyl (C=O) groups is 3. The molecule has 0 saturated carbocycles. The molecule has 0 fully saturated rings. The highest BCUT2D eigenvalue weighted by Crippen LogP contribution is 1.79. The number of hydrogen-bond donors (Lipinski definition) is 1. The van der Waals surface area contributed by atoms with Crippen LogP contribution in [0.25, 0.3) is 0 Å². The second kappa shape index (κ2) is 5.29. The average Bonchev–Trinajstić information content (AvgIpc) is 2.00.